The van der Waals surface area contributed by atoms with Crippen LogP contribution in [0.3, 0.4) is 0 Å². The topological polar surface area (TPSA) is 87.7 Å². The smallest absolute Gasteiger partial charge is 0.309 e. The van der Waals surface area contributed by atoms with E-state index in [-0.39, 0.29) is 17.8 Å². The van der Waals surface area contributed by atoms with Crippen LogP contribution in [0.4, 0.5) is 10.9 Å². The van der Waals surface area contributed by atoms with Crippen LogP contribution in [-0.2, 0) is 22.6 Å². The molecule has 6 rings (SSSR count). The van der Waals surface area contributed by atoms with Gasteiger partial charge in [-0.25, -0.2) is 9.97 Å². The van der Waals surface area contributed by atoms with Gasteiger partial charge in [-0.1, -0.05) is 41.0 Å². The highest BCUT2D eigenvalue weighted by molar-refractivity contribution is 7.17. The molecule has 1 N–H and O–H groups in total. The number of hydrogen-bond acceptors (Lipinski definition) is 9. The zero-order chi connectivity index (χ0) is 27.1. The Morgan fingerprint density at radius 2 is 1.95 bits per heavy atom. The van der Waals surface area contributed by atoms with Gasteiger partial charge in [-0.2, -0.15) is 0 Å². The van der Waals surface area contributed by atoms with E-state index >= 15 is 0 Å². The molecule has 0 spiro atoms. The van der Waals surface area contributed by atoms with Crippen LogP contribution >= 0.6 is 45.9 Å². The fourth-order valence-electron chi connectivity index (χ4n) is 5.39. The third-order valence-electron chi connectivity index (χ3n) is 7.77. The number of rotatable bonds is 6. The van der Waals surface area contributed by atoms with Gasteiger partial charge >= 0.3 is 5.97 Å². The van der Waals surface area contributed by atoms with Crippen LogP contribution < -0.4 is 10.2 Å². The van der Waals surface area contributed by atoms with Gasteiger partial charge in [0.25, 0.3) is 5.91 Å². The summed E-state index contributed by atoms with van der Waals surface area (Å²) in [6.45, 7) is 5.15. The third kappa shape index (κ3) is 5.41. The minimum atomic E-state index is -0.304. The second-order valence-corrected chi connectivity index (χ2v) is 12.9. The van der Waals surface area contributed by atoms with Gasteiger partial charge in [-0.15, -0.1) is 11.3 Å². The van der Waals surface area contributed by atoms with E-state index in [2.05, 4.69) is 20.1 Å². The number of anilines is 2. The number of nitrogens with zero attached hydrogens (tertiary/aromatic N) is 4. The minimum absolute atomic E-state index is 0.0967. The summed E-state index contributed by atoms with van der Waals surface area (Å²) < 4.78 is 5.16. The van der Waals surface area contributed by atoms with Gasteiger partial charge in [-0.05, 0) is 38.7 Å². The summed E-state index contributed by atoms with van der Waals surface area (Å²) in [4.78, 5) is 41.3. The molecule has 1 amide bonds. The number of ether oxygens (including phenoxy) is 1. The molecule has 0 radical (unpaired) electrons. The van der Waals surface area contributed by atoms with Gasteiger partial charge in [0.05, 0.1) is 38.7 Å². The normalized spacial score (nSPS) is 18.2. The summed E-state index contributed by atoms with van der Waals surface area (Å²) in [5.41, 5.74) is 2.42. The Balaban J connectivity index is 1.16. The highest BCUT2D eigenvalue weighted by Gasteiger charge is 2.33. The lowest BCUT2D eigenvalue weighted by atomic mass is 9.91. The molecular weight excluding hydrogens is 577 g/mol. The molecule has 12 heteroatoms. The largest absolute Gasteiger partial charge is 0.466 e. The van der Waals surface area contributed by atoms with Gasteiger partial charge < -0.3 is 9.64 Å². The van der Waals surface area contributed by atoms with Crippen molar-refractivity contribution in [2.75, 3.05) is 29.9 Å². The lowest BCUT2D eigenvalue weighted by molar-refractivity contribution is -0.148. The molecule has 0 aromatic carbocycles. The Bertz CT molecular complexity index is 1400. The van der Waals surface area contributed by atoms with Crippen molar-refractivity contribution in [2.24, 2.45) is 5.92 Å². The molecule has 3 aromatic heterocycles. The second kappa shape index (κ2) is 11.3. The second-order valence-electron chi connectivity index (χ2n) is 10.2. The Labute approximate surface area is 245 Å². The monoisotopic (exact) mass is 605 g/mol. The molecule has 0 bridgehead atoms. The first-order chi connectivity index (χ1) is 18.9. The molecule has 206 valence electrons. The quantitative estimate of drug-likeness (QED) is 0.322. The average Bonchev–Trinajstić information content (AvgIpc) is 3.41. The number of pyridine rings is 1. The third-order valence-corrected chi connectivity index (χ3v) is 10.5. The molecule has 2 aliphatic heterocycles. The lowest BCUT2D eigenvalue weighted by Gasteiger charge is -2.36. The predicted molar refractivity (Wildman–Crippen MR) is 156 cm³/mol. The Morgan fingerprint density at radius 3 is 2.64 bits per heavy atom. The molecule has 8 nitrogen and oxygen atoms in total. The molecular formula is C27H29Cl2N5O3S2. The maximum atomic E-state index is 13.2. The van der Waals surface area contributed by atoms with Crippen LogP contribution in [0.1, 0.15) is 59.8 Å². The number of carbonyl (C=O) groups excluding carboxylic acids is 2. The molecule has 1 saturated carbocycles. The van der Waals surface area contributed by atoms with Crippen molar-refractivity contribution in [1.82, 2.24) is 14.9 Å². The van der Waals surface area contributed by atoms with Crippen LogP contribution in [0.5, 0.6) is 0 Å². The standard InChI is InChI=1S/C27H29Cl2N5O3S2/c1-2-37-26(36)15-6-8-33(9-7-15)24-19(28)10-16(11-30-24)25(35)32-27-31-22-21(39-27)13-34(17-4-3-5-17)12-18-20(29)14-38-23(18)22/h10-11,14-15,17H,2-9,12-13H2,1H3,(H,31,32,35). The van der Waals surface area contributed by atoms with E-state index in [0.29, 0.717) is 60.1 Å². The number of esters is 1. The van der Waals surface area contributed by atoms with Gasteiger partial charge in [-0.3, -0.25) is 19.8 Å². The molecule has 1 aliphatic carbocycles. The van der Waals surface area contributed by atoms with E-state index < -0.39 is 0 Å². The number of piperidine rings is 1. The van der Waals surface area contributed by atoms with Crippen molar-refractivity contribution in [3.8, 4) is 10.6 Å². The predicted octanol–water partition coefficient (Wildman–Crippen LogP) is 6.47. The van der Waals surface area contributed by atoms with Gasteiger partial charge in [0.1, 0.15) is 5.82 Å². The van der Waals surface area contributed by atoms with E-state index in [1.165, 1.54) is 30.6 Å². The molecule has 0 atom stereocenters. The number of halogens is 2. The number of amides is 1. The van der Waals surface area contributed by atoms with Crippen molar-refractivity contribution in [1.29, 1.82) is 0 Å². The Kier molecular flexibility index (Phi) is 7.83. The zero-order valence-electron chi connectivity index (χ0n) is 21.5. The van der Waals surface area contributed by atoms with Crippen LogP contribution in [0.2, 0.25) is 10.0 Å². The number of aromatic nitrogens is 2. The average molecular weight is 607 g/mol. The number of thiazole rings is 1. The van der Waals surface area contributed by atoms with Crippen molar-refractivity contribution in [2.45, 2.75) is 58.2 Å². The molecule has 3 aromatic rings. The number of carbonyl (C=O) groups is 2. The first kappa shape index (κ1) is 27.0. The fourth-order valence-corrected chi connectivity index (χ4v) is 8.04. The summed E-state index contributed by atoms with van der Waals surface area (Å²) in [5.74, 6) is 0.0771. The molecule has 0 unspecified atom stereocenters. The molecule has 2 fully saturated rings. The highest BCUT2D eigenvalue weighted by atomic mass is 35.5. The Hall–Kier alpha value is -2.24. The van der Waals surface area contributed by atoms with Crippen molar-refractivity contribution < 1.29 is 14.3 Å². The van der Waals surface area contributed by atoms with Crippen molar-refractivity contribution in [3.05, 3.63) is 43.7 Å². The summed E-state index contributed by atoms with van der Waals surface area (Å²) in [6.07, 6.45) is 6.60. The summed E-state index contributed by atoms with van der Waals surface area (Å²) in [6, 6.07) is 2.22. The molecule has 5 heterocycles. The van der Waals surface area contributed by atoms with Crippen molar-refractivity contribution in [3.63, 3.8) is 0 Å². The van der Waals surface area contributed by atoms with Crippen LogP contribution in [-0.4, -0.2) is 52.5 Å². The van der Waals surface area contributed by atoms with Crippen LogP contribution in [0.25, 0.3) is 10.6 Å². The first-order valence-corrected chi connectivity index (χ1v) is 15.7. The maximum Gasteiger partial charge on any atom is 0.309 e. The van der Waals surface area contributed by atoms with E-state index in [0.717, 1.165) is 39.1 Å². The first-order valence-electron chi connectivity index (χ1n) is 13.3. The zero-order valence-corrected chi connectivity index (χ0v) is 24.7. The van der Waals surface area contributed by atoms with Gasteiger partial charge in [0.15, 0.2) is 5.13 Å². The number of hydrogen-bond donors (Lipinski definition) is 1. The van der Waals surface area contributed by atoms with E-state index in [9.17, 15) is 9.59 Å². The van der Waals surface area contributed by atoms with Crippen molar-refractivity contribution >= 4 is 68.7 Å². The summed E-state index contributed by atoms with van der Waals surface area (Å²) >= 11 is 16.3. The summed E-state index contributed by atoms with van der Waals surface area (Å²) in [7, 11) is 0. The van der Waals surface area contributed by atoms with Gasteiger partial charge in [0, 0.05) is 54.2 Å². The van der Waals surface area contributed by atoms with Crippen LogP contribution in [0.15, 0.2) is 17.6 Å². The van der Waals surface area contributed by atoms with Crippen LogP contribution in [0, 0.1) is 5.92 Å². The molecule has 1 saturated heterocycles. The van der Waals surface area contributed by atoms with E-state index in [1.807, 2.05) is 12.3 Å². The number of thiophene rings is 1. The number of fused-ring (bicyclic) bond motifs is 3. The minimum Gasteiger partial charge on any atom is -0.466 e. The Morgan fingerprint density at radius 1 is 1.15 bits per heavy atom. The van der Waals surface area contributed by atoms with E-state index in [4.69, 9.17) is 32.9 Å². The SMILES string of the molecule is CCOC(=O)C1CCN(c2ncc(C(=O)Nc3nc4c(s3)CN(C3CCC3)Cc3c(Cl)csc3-4)cc2Cl)CC1. The molecule has 39 heavy (non-hydrogen) atoms. The van der Waals surface area contributed by atoms with E-state index in [1.54, 1.807) is 23.6 Å². The van der Waals surface area contributed by atoms with Gasteiger partial charge in [0.2, 0.25) is 0 Å². The molecule has 3 aliphatic rings. The fraction of sp³-hybridized carbons (Fsp3) is 0.481. The highest BCUT2D eigenvalue weighted by Crippen LogP contribution is 2.45. The maximum absolute atomic E-state index is 13.2. The lowest BCUT2D eigenvalue weighted by Crippen LogP contribution is -2.38. The number of nitrogens with one attached hydrogen (secondary N) is 1. The summed E-state index contributed by atoms with van der Waals surface area (Å²) in [5, 5.41) is 6.68.